The van der Waals surface area contributed by atoms with E-state index in [1.165, 1.54) is 23.3 Å². The molecule has 0 unspecified atom stereocenters. The summed E-state index contributed by atoms with van der Waals surface area (Å²) in [6, 6.07) is 20.2. The van der Waals surface area contributed by atoms with E-state index in [9.17, 15) is 20.0 Å². The zero-order valence-electron chi connectivity index (χ0n) is 15.4. The van der Waals surface area contributed by atoms with Crippen molar-refractivity contribution in [3.63, 3.8) is 0 Å². The van der Waals surface area contributed by atoms with E-state index >= 15 is 0 Å². The molecule has 0 spiro atoms. The molecule has 29 heavy (non-hydrogen) atoms. The maximum atomic E-state index is 11.5. The van der Waals surface area contributed by atoms with Gasteiger partial charge in [0.2, 0.25) is 0 Å². The van der Waals surface area contributed by atoms with Crippen molar-refractivity contribution in [1.29, 1.82) is 0 Å². The van der Waals surface area contributed by atoms with Crippen LogP contribution in [0.25, 0.3) is 0 Å². The molecule has 0 saturated carbocycles. The van der Waals surface area contributed by atoms with Gasteiger partial charge in [-0.15, -0.1) is 0 Å². The highest BCUT2D eigenvalue weighted by Gasteiger charge is 2.43. The summed E-state index contributed by atoms with van der Waals surface area (Å²) in [4.78, 5) is 22.1. The lowest BCUT2D eigenvalue weighted by molar-refractivity contribution is -0.384. The Bertz CT molecular complexity index is 1140. The van der Waals surface area contributed by atoms with Gasteiger partial charge in [-0.05, 0) is 52.8 Å². The van der Waals surface area contributed by atoms with Gasteiger partial charge >= 0.3 is 5.97 Å². The van der Waals surface area contributed by atoms with E-state index in [1.54, 1.807) is 12.1 Å². The van der Waals surface area contributed by atoms with Crippen molar-refractivity contribution < 1.29 is 14.8 Å². The van der Waals surface area contributed by atoms with Crippen molar-refractivity contribution in [1.82, 2.24) is 0 Å². The van der Waals surface area contributed by atoms with E-state index in [4.69, 9.17) is 0 Å². The maximum absolute atomic E-state index is 11.5. The molecule has 1 aliphatic heterocycles. The third kappa shape index (κ3) is 2.76. The van der Waals surface area contributed by atoms with Crippen molar-refractivity contribution in [3.05, 3.63) is 105 Å². The van der Waals surface area contributed by atoms with Crippen LogP contribution in [-0.2, 0) is 6.42 Å². The van der Waals surface area contributed by atoms with Crippen molar-refractivity contribution in [2.24, 2.45) is 5.92 Å². The molecule has 1 aliphatic carbocycles. The summed E-state index contributed by atoms with van der Waals surface area (Å²) in [6.45, 7) is 0. The van der Waals surface area contributed by atoms with Crippen molar-refractivity contribution >= 4 is 17.3 Å². The van der Waals surface area contributed by atoms with E-state index in [0.717, 1.165) is 23.2 Å². The summed E-state index contributed by atoms with van der Waals surface area (Å²) in [5.74, 6) is -0.652. The van der Waals surface area contributed by atoms with Crippen LogP contribution in [-0.4, -0.2) is 16.0 Å². The van der Waals surface area contributed by atoms with Gasteiger partial charge in [0.15, 0.2) is 0 Å². The first kappa shape index (κ1) is 17.4. The van der Waals surface area contributed by atoms with Crippen LogP contribution in [0.4, 0.5) is 11.4 Å². The summed E-state index contributed by atoms with van der Waals surface area (Å²) < 4.78 is 0. The molecule has 2 aliphatic rings. The SMILES string of the molecule is O=C(O)c1ccc2c(c1)[C@@H]1c3ccccc3C[C@H]1[C@H](c1ccc([N+](=O)[O-])cc1)N2. The molecule has 0 aromatic heterocycles. The van der Waals surface area contributed by atoms with Crippen LogP contribution in [0.1, 0.15) is 44.6 Å². The second kappa shape index (κ2) is 6.44. The number of non-ortho nitro benzene ring substituents is 1. The smallest absolute Gasteiger partial charge is 0.335 e. The fourth-order valence-electron chi connectivity index (χ4n) is 4.83. The lowest BCUT2D eigenvalue weighted by Crippen LogP contribution is -2.30. The lowest BCUT2D eigenvalue weighted by atomic mass is 9.75. The fourth-order valence-corrected chi connectivity index (χ4v) is 4.83. The molecule has 0 saturated heterocycles. The van der Waals surface area contributed by atoms with Crippen LogP contribution in [0.5, 0.6) is 0 Å². The topological polar surface area (TPSA) is 92.5 Å². The number of aromatic carboxylic acids is 1. The summed E-state index contributed by atoms with van der Waals surface area (Å²) >= 11 is 0. The fraction of sp³-hybridized carbons (Fsp3) is 0.174. The van der Waals surface area contributed by atoms with E-state index in [2.05, 4.69) is 17.4 Å². The second-order valence-corrected chi connectivity index (χ2v) is 7.62. The van der Waals surface area contributed by atoms with Crippen LogP contribution in [0, 0.1) is 16.0 Å². The largest absolute Gasteiger partial charge is 0.478 e. The Kier molecular flexibility index (Phi) is 3.87. The molecule has 0 amide bonds. The van der Waals surface area contributed by atoms with Gasteiger partial charge in [0, 0.05) is 23.7 Å². The molecule has 6 nitrogen and oxygen atoms in total. The number of rotatable bonds is 3. The molecular formula is C23H18N2O4. The third-order valence-electron chi connectivity index (χ3n) is 6.11. The number of benzene rings is 3. The molecule has 144 valence electrons. The molecule has 1 heterocycles. The molecule has 3 aromatic carbocycles. The molecule has 0 radical (unpaired) electrons. The van der Waals surface area contributed by atoms with Gasteiger partial charge in [0.05, 0.1) is 16.5 Å². The van der Waals surface area contributed by atoms with E-state index in [1.807, 2.05) is 30.3 Å². The highest BCUT2D eigenvalue weighted by molar-refractivity contribution is 5.89. The Labute approximate surface area is 167 Å². The summed E-state index contributed by atoms with van der Waals surface area (Å²) in [6.07, 6.45) is 0.867. The Hall–Kier alpha value is -3.67. The van der Waals surface area contributed by atoms with Crippen LogP contribution in [0.2, 0.25) is 0 Å². The van der Waals surface area contributed by atoms with E-state index in [0.29, 0.717) is 0 Å². The number of carbonyl (C=O) groups is 1. The normalized spacial score (nSPS) is 21.4. The highest BCUT2D eigenvalue weighted by atomic mass is 16.6. The number of nitrogens with one attached hydrogen (secondary N) is 1. The van der Waals surface area contributed by atoms with Crippen molar-refractivity contribution in [2.75, 3.05) is 5.32 Å². The van der Waals surface area contributed by atoms with Crippen molar-refractivity contribution in [2.45, 2.75) is 18.4 Å². The van der Waals surface area contributed by atoms with Gasteiger partial charge in [0.1, 0.15) is 0 Å². The van der Waals surface area contributed by atoms with Gasteiger partial charge in [-0.2, -0.15) is 0 Å². The molecule has 2 N–H and O–H groups in total. The van der Waals surface area contributed by atoms with Gasteiger partial charge in [0.25, 0.3) is 5.69 Å². The quantitative estimate of drug-likeness (QED) is 0.500. The van der Waals surface area contributed by atoms with Crippen LogP contribution in [0.15, 0.2) is 66.7 Å². The zero-order valence-corrected chi connectivity index (χ0v) is 15.4. The predicted octanol–water partition coefficient (Wildman–Crippen LogP) is 4.76. The first-order chi connectivity index (χ1) is 14.0. The number of carboxylic acid groups (broad SMARTS) is 1. The zero-order chi connectivity index (χ0) is 20.1. The lowest BCUT2D eigenvalue weighted by Gasteiger charge is -2.38. The van der Waals surface area contributed by atoms with E-state index < -0.39 is 10.9 Å². The Morgan fingerprint density at radius 2 is 1.79 bits per heavy atom. The minimum Gasteiger partial charge on any atom is -0.478 e. The van der Waals surface area contributed by atoms with Crippen LogP contribution >= 0.6 is 0 Å². The first-order valence-electron chi connectivity index (χ1n) is 9.49. The summed E-state index contributed by atoms with van der Waals surface area (Å²) in [5.41, 5.74) is 5.75. The average molecular weight is 386 g/mol. The minimum absolute atomic E-state index is 0.0172. The molecule has 3 atom stereocenters. The monoisotopic (exact) mass is 386 g/mol. The number of hydrogen-bond acceptors (Lipinski definition) is 4. The number of nitro benzene ring substituents is 1. The Balaban J connectivity index is 1.64. The number of hydrogen-bond donors (Lipinski definition) is 2. The Morgan fingerprint density at radius 3 is 2.52 bits per heavy atom. The number of nitrogens with zero attached hydrogens (tertiary/aromatic N) is 1. The van der Waals surface area contributed by atoms with E-state index in [-0.39, 0.29) is 29.1 Å². The van der Waals surface area contributed by atoms with Gasteiger partial charge in [-0.1, -0.05) is 36.4 Å². The Morgan fingerprint density at radius 1 is 1.03 bits per heavy atom. The molecule has 0 bridgehead atoms. The van der Waals surface area contributed by atoms with Crippen LogP contribution < -0.4 is 5.32 Å². The molecule has 0 fully saturated rings. The number of carboxylic acids is 1. The van der Waals surface area contributed by atoms with Crippen LogP contribution in [0.3, 0.4) is 0 Å². The van der Waals surface area contributed by atoms with Crippen molar-refractivity contribution in [3.8, 4) is 0 Å². The molecule has 5 rings (SSSR count). The standard InChI is InChI=1S/C23H18N2O4/c26-23(27)15-7-10-20-18(12-15)21-17-4-2-1-3-14(17)11-19(21)22(24-20)13-5-8-16(9-6-13)25(28)29/h1-10,12,19,21-22,24H,11H2,(H,26,27)/t19-,21+,22+/m1/s1. The highest BCUT2D eigenvalue weighted by Crippen LogP contribution is 2.53. The maximum Gasteiger partial charge on any atom is 0.335 e. The molecular weight excluding hydrogens is 368 g/mol. The second-order valence-electron chi connectivity index (χ2n) is 7.62. The number of anilines is 1. The van der Waals surface area contributed by atoms with Gasteiger partial charge in [-0.25, -0.2) is 4.79 Å². The van der Waals surface area contributed by atoms with Gasteiger partial charge < -0.3 is 10.4 Å². The molecule has 6 heteroatoms. The minimum atomic E-state index is -0.937. The number of nitro groups is 1. The molecule has 3 aromatic rings. The summed E-state index contributed by atoms with van der Waals surface area (Å²) in [5, 5.41) is 24.0. The third-order valence-corrected chi connectivity index (χ3v) is 6.11. The summed E-state index contributed by atoms with van der Waals surface area (Å²) in [7, 11) is 0. The first-order valence-corrected chi connectivity index (χ1v) is 9.49. The average Bonchev–Trinajstić information content (AvgIpc) is 3.12. The van der Waals surface area contributed by atoms with Gasteiger partial charge in [-0.3, -0.25) is 10.1 Å². The number of fused-ring (bicyclic) bond motifs is 5. The predicted molar refractivity (Wildman–Crippen MR) is 108 cm³/mol.